The van der Waals surface area contributed by atoms with Gasteiger partial charge in [-0.15, -0.1) is 0 Å². The molecule has 2 rings (SSSR count). The molecule has 0 heterocycles. The van der Waals surface area contributed by atoms with Gasteiger partial charge in [-0.25, -0.2) is 0 Å². The Morgan fingerprint density at radius 2 is 1.94 bits per heavy atom. The van der Waals surface area contributed by atoms with E-state index < -0.39 is 0 Å². The number of halogens is 1. The minimum absolute atomic E-state index is 0.337. The van der Waals surface area contributed by atoms with E-state index in [0.29, 0.717) is 12.1 Å². The summed E-state index contributed by atoms with van der Waals surface area (Å²) in [6.07, 6.45) is 4.16. The lowest BCUT2D eigenvalue weighted by Crippen LogP contribution is -2.38. The van der Waals surface area contributed by atoms with Crippen LogP contribution >= 0.6 is 11.6 Å². The van der Waals surface area contributed by atoms with Crippen LogP contribution in [0.25, 0.3) is 0 Å². The maximum Gasteiger partial charge on any atom is 0.0453 e. The molecule has 2 unspecified atom stereocenters. The van der Waals surface area contributed by atoms with Gasteiger partial charge in [0.1, 0.15) is 0 Å². The van der Waals surface area contributed by atoms with Crippen LogP contribution < -0.4 is 5.32 Å². The van der Waals surface area contributed by atoms with E-state index in [0.717, 1.165) is 10.9 Å². The van der Waals surface area contributed by atoms with E-state index in [1.807, 2.05) is 18.2 Å². The van der Waals surface area contributed by atoms with Gasteiger partial charge in [0.05, 0.1) is 0 Å². The summed E-state index contributed by atoms with van der Waals surface area (Å²) in [6.45, 7) is 4.48. The van der Waals surface area contributed by atoms with Crippen molar-refractivity contribution in [2.75, 3.05) is 0 Å². The van der Waals surface area contributed by atoms with Crippen molar-refractivity contribution in [1.82, 2.24) is 5.32 Å². The highest BCUT2D eigenvalue weighted by molar-refractivity contribution is 6.31. The first-order chi connectivity index (χ1) is 7.68. The van der Waals surface area contributed by atoms with E-state index >= 15 is 0 Å². The molecule has 0 aromatic heterocycles. The Bertz CT molecular complexity index is 346. The zero-order valence-corrected chi connectivity index (χ0v) is 10.8. The Morgan fingerprint density at radius 1 is 1.25 bits per heavy atom. The van der Waals surface area contributed by atoms with Gasteiger partial charge in [0, 0.05) is 17.1 Å². The first-order valence-corrected chi connectivity index (χ1v) is 6.56. The maximum absolute atomic E-state index is 6.19. The second kappa shape index (κ2) is 5.20. The molecule has 0 radical (unpaired) electrons. The lowest BCUT2D eigenvalue weighted by molar-refractivity contribution is 0.230. The molecule has 1 aromatic carbocycles. The molecule has 1 aliphatic rings. The molecule has 2 heteroatoms. The fourth-order valence-corrected chi connectivity index (χ4v) is 2.69. The predicted octanol–water partition coefficient (Wildman–Crippen LogP) is 4.18. The molecule has 0 bridgehead atoms. The van der Waals surface area contributed by atoms with Gasteiger partial charge < -0.3 is 5.32 Å². The van der Waals surface area contributed by atoms with E-state index in [1.54, 1.807) is 0 Å². The van der Waals surface area contributed by atoms with Crippen molar-refractivity contribution < 1.29 is 0 Å². The van der Waals surface area contributed by atoms with Crippen molar-refractivity contribution in [3.05, 3.63) is 34.9 Å². The minimum Gasteiger partial charge on any atom is -0.307 e. The molecule has 1 aromatic rings. The van der Waals surface area contributed by atoms with Crippen molar-refractivity contribution >= 4 is 11.6 Å². The number of rotatable bonds is 4. The van der Waals surface area contributed by atoms with Gasteiger partial charge in [-0.05, 0) is 44.2 Å². The summed E-state index contributed by atoms with van der Waals surface area (Å²) < 4.78 is 0. The molecular formula is C14H20ClN. The van der Waals surface area contributed by atoms with Crippen molar-refractivity contribution in [2.45, 2.75) is 45.2 Å². The summed E-state index contributed by atoms with van der Waals surface area (Å²) in [7, 11) is 0. The van der Waals surface area contributed by atoms with E-state index in [-0.39, 0.29) is 0 Å². The van der Waals surface area contributed by atoms with Crippen LogP contribution in [-0.4, -0.2) is 6.04 Å². The molecule has 1 N–H and O–H groups in total. The highest BCUT2D eigenvalue weighted by Gasteiger charge is 2.25. The van der Waals surface area contributed by atoms with Gasteiger partial charge in [0.25, 0.3) is 0 Å². The molecule has 0 aliphatic heterocycles. The largest absolute Gasteiger partial charge is 0.307 e. The number of hydrogen-bond acceptors (Lipinski definition) is 1. The lowest BCUT2D eigenvalue weighted by Gasteiger charge is -2.34. The molecule has 1 aliphatic carbocycles. The summed E-state index contributed by atoms with van der Waals surface area (Å²) >= 11 is 6.19. The van der Waals surface area contributed by atoms with Crippen LogP contribution in [0.4, 0.5) is 0 Å². The van der Waals surface area contributed by atoms with E-state index in [2.05, 4.69) is 25.2 Å². The van der Waals surface area contributed by atoms with Gasteiger partial charge in [0.15, 0.2) is 0 Å². The average molecular weight is 238 g/mol. The van der Waals surface area contributed by atoms with Crippen molar-refractivity contribution in [3.8, 4) is 0 Å². The van der Waals surface area contributed by atoms with Gasteiger partial charge in [-0.2, -0.15) is 0 Å². The van der Waals surface area contributed by atoms with Gasteiger partial charge in [-0.3, -0.25) is 0 Å². The monoisotopic (exact) mass is 237 g/mol. The summed E-state index contributed by atoms with van der Waals surface area (Å²) in [6, 6.07) is 9.03. The summed E-state index contributed by atoms with van der Waals surface area (Å²) in [5, 5.41) is 4.52. The van der Waals surface area contributed by atoms with Crippen LogP contribution in [0.3, 0.4) is 0 Å². The normalized spacial score (nSPS) is 20.2. The predicted molar refractivity (Wildman–Crippen MR) is 69.8 cm³/mol. The molecule has 88 valence electrons. The SMILES string of the molecule is CC(NC(C)C1CCC1)c1ccccc1Cl. The summed E-state index contributed by atoms with van der Waals surface area (Å²) in [5.41, 5.74) is 1.20. The Labute approximate surface area is 103 Å². The van der Waals surface area contributed by atoms with Crippen LogP contribution in [0.2, 0.25) is 5.02 Å². The van der Waals surface area contributed by atoms with Crippen molar-refractivity contribution in [1.29, 1.82) is 0 Å². The molecule has 1 fully saturated rings. The van der Waals surface area contributed by atoms with E-state index in [9.17, 15) is 0 Å². The lowest BCUT2D eigenvalue weighted by atomic mass is 9.80. The second-order valence-electron chi connectivity index (χ2n) is 4.89. The van der Waals surface area contributed by atoms with Crippen LogP contribution in [0.5, 0.6) is 0 Å². The highest BCUT2D eigenvalue weighted by Crippen LogP contribution is 2.31. The van der Waals surface area contributed by atoms with Gasteiger partial charge in [0.2, 0.25) is 0 Å². The molecule has 0 saturated heterocycles. The van der Waals surface area contributed by atoms with Crippen LogP contribution in [-0.2, 0) is 0 Å². The summed E-state index contributed by atoms with van der Waals surface area (Å²) in [5.74, 6) is 0.866. The third kappa shape index (κ3) is 2.58. The van der Waals surface area contributed by atoms with Crippen molar-refractivity contribution in [2.24, 2.45) is 5.92 Å². The number of benzene rings is 1. The zero-order valence-electron chi connectivity index (χ0n) is 10.0. The quantitative estimate of drug-likeness (QED) is 0.829. The maximum atomic E-state index is 6.19. The minimum atomic E-state index is 0.337. The standard InChI is InChI=1S/C14H20ClN/c1-10(12-6-5-7-12)16-11(2)13-8-3-4-9-14(13)15/h3-4,8-12,16H,5-7H2,1-2H3. The van der Waals surface area contributed by atoms with Crippen molar-refractivity contribution in [3.63, 3.8) is 0 Å². The molecule has 2 atom stereocenters. The topological polar surface area (TPSA) is 12.0 Å². The van der Waals surface area contributed by atoms with Gasteiger partial charge in [-0.1, -0.05) is 36.2 Å². The molecule has 1 saturated carbocycles. The highest BCUT2D eigenvalue weighted by atomic mass is 35.5. The fourth-order valence-electron chi connectivity index (χ4n) is 2.39. The fraction of sp³-hybridized carbons (Fsp3) is 0.571. The zero-order chi connectivity index (χ0) is 11.5. The Kier molecular flexibility index (Phi) is 3.88. The summed E-state index contributed by atoms with van der Waals surface area (Å²) in [4.78, 5) is 0. The van der Waals surface area contributed by atoms with Crippen LogP contribution in [0.15, 0.2) is 24.3 Å². The molecular weight excluding hydrogens is 218 g/mol. The third-order valence-corrected chi connectivity index (χ3v) is 4.09. The molecule has 1 nitrogen and oxygen atoms in total. The molecule has 0 amide bonds. The Morgan fingerprint density at radius 3 is 2.50 bits per heavy atom. The number of hydrogen-bond donors (Lipinski definition) is 1. The van der Waals surface area contributed by atoms with Crippen LogP contribution in [0, 0.1) is 5.92 Å². The molecule has 0 spiro atoms. The smallest absolute Gasteiger partial charge is 0.0453 e. The van der Waals surface area contributed by atoms with Gasteiger partial charge >= 0.3 is 0 Å². The first kappa shape index (κ1) is 11.9. The number of nitrogens with one attached hydrogen (secondary N) is 1. The van der Waals surface area contributed by atoms with E-state index in [1.165, 1.54) is 24.8 Å². The Balaban J connectivity index is 1.96. The average Bonchev–Trinajstić information content (AvgIpc) is 2.15. The second-order valence-corrected chi connectivity index (χ2v) is 5.30. The Hall–Kier alpha value is -0.530. The third-order valence-electron chi connectivity index (χ3n) is 3.74. The van der Waals surface area contributed by atoms with E-state index in [4.69, 9.17) is 11.6 Å². The van der Waals surface area contributed by atoms with Crippen LogP contribution in [0.1, 0.15) is 44.7 Å². The molecule has 16 heavy (non-hydrogen) atoms. The first-order valence-electron chi connectivity index (χ1n) is 6.19.